The highest BCUT2D eigenvalue weighted by atomic mass is 15.3. The van der Waals surface area contributed by atoms with Crippen LogP contribution in [0.5, 0.6) is 0 Å². The molecule has 1 aliphatic rings. The molecule has 2 aromatic rings. The summed E-state index contributed by atoms with van der Waals surface area (Å²) in [6.45, 7) is 2.20. The van der Waals surface area contributed by atoms with Gasteiger partial charge in [-0.2, -0.15) is 5.10 Å². The van der Waals surface area contributed by atoms with E-state index in [1.807, 2.05) is 13.2 Å². The van der Waals surface area contributed by atoms with Crippen LogP contribution in [0.15, 0.2) is 12.5 Å². The van der Waals surface area contributed by atoms with Gasteiger partial charge < -0.3 is 4.90 Å². The lowest BCUT2D eigenvalue weighted by atomic mass is 10.1. The fourth-order valence-electron chi connectivity index (χ4n) is 2.31. The Morgan fingerprint density at radius 1 is 1.12 bits per heavy atom. The van der Waals surface area contributed by atoms with Gasteiger partial charge >= 0.3 is 0 Å². The highest BCUT2D eigenvalue weighted by Crippen LogP contribution is 2.24. The molecule has 84 valence electrons. The zero-order chi connectivity index (χ0) is 11.0. The molecule has 0 amide bonds. The molecule has 0 unspecified atom stereocenters. The first-order valence-corrected chi connectivity index (χ1v) is 5.74. The topological polar surface area (TPSA) is 46.8 Å². The van der Waals surface area contributed by atoms with E-state index in [-0.39, 0.29) is 0 Å². The van der Waals surface area contributed by atoms with Gasteiger partial charge in [-0.05, 0) is 19.3 Å². The third-order valence-electron chi connectivity index (χ3n) is 3.16. The van der Waals surface area contributed by atoms with Gasteiger partial charge in [0, 0.05) is 20.1 Å². The molecule has 5 nitrogen and oxygen atoms in total. The molecule has 0 atom stereocenters. The number of aromatic nitrogens is 4. The number of aryl methyl sites for hydroxylation is 1. The second-order valence-electron chi connectivity index (χ2n) is 4.25. The second kappa shape index (κ2) is 3.73. The Morgan fingerprint density at radius 3 is 2.75 bits per heavy atom. The average Bonchev–Trinajstić information content (AvgIpc) is 2.73. The molecule has 16 heavy (non-hydrogen) atoms. The van der Waals surface area contributed by atoms with E-state index in [0.29, 0.717) is 0 Å². The molecule has 2 aromatic heterocycles. The molecule has 1 fully saturated rings. The van der Waals surface area contributed by atoms with Crippen molar-refractivity contribution in [2.45, 2.75) is 19.3 Å². The molecule has 0 radical (unpaired) electrons. The Hall–Kier alpha value is -1.65. The maximum absolute atomic E-state index is 4.41. The van der Waals surface area contributed by atoms with Crippen LogP contribution in [0.1, 0.15) is 19.3 Å². The molecule has 0 spiro atoms. The Kier molecular flexibility index (Phi) is 2.23. The number of nitrogens with zero attached hydrogens (tertiary/aromatic N) is 5. The highest BCUT2D eigenvalue weighted by Gasteiger charge is 2.16. The average molecular weight is 217 g/mol. The summed E-state index contributed by atoms with van der Waals surface area (Å²) in [6, 6.07) is 0. The standard InChI is InChI=1S/C11H15N5/c1-15-10-9(7-14-15)11(13-8-12-10)16-5-3-2-4-6-16/h7-8H,2-6H2,1H3. The van der Waals surface area contributed by atoms with Crippen LogP contribution in [-0.2, 0) is 7.05 Å². The van der Waals surface area contributed by atoms with Crippen molar-refractivity contribution in [3.05, 3.63) is 12.5 Å². The molecule has 3 heterocycles. The summed E-state index contributed by atoms with van der Waals surface area (Å²) in [5, 5.41) is 5.30. The van der Waals surface area contributed by atoms with Crippen LogP contribution in [0.3, 0.4) is 0 Å². The fraction of sp³-hybridized carbons (Fsp3) is 0.545. The summed E-state index contributed by atoms with van der Waals surface area (Å²) >= 11 is 0. The van der Waals surface area contributed by atoms with Crippen LogP contribution in [0, 0.1) is 0 Å². The first-order valence-electron chi connectivity index (χ1n) is 5.74. The molecule has 1 saturated heterocycles. The van der Waals surface area contributed by atoms with Crippen LogP contribution < -0.4 is 4.90 Å². The molecule has 0 saturated carbocycles. The van der Waals surface area contributed by atoms with E-state index in [9.17, 15) is 0 Å². The van der Waals surface area contributed by atoms with E-state index in [4.69, 9.17) is 0 Å². The van der Waals surface area contributed by atoms with Gasteiger partial charge in [0.15, 0.2) is 5.65 Å². The Morgan fingerprint density at radius 2 is 1.94 bits per heavy atom. The highest BCUT2D eigenvalue weighted by molar-refractivity contribution is 5.86. The van der Waals surface area contributed by atoms with E-state index >= 15 is 0 Å². The minimum atomic E-state index is 0.913. The van der Waals surface area contributed by atoms with Gasteiger partial charge in [-0.15, -0.1) is 0 Å². The fourth-order valence-corrected chi connectivity index (χ4v) is 2.31. The van der Waals surface area contributed by atoms with Crippen LogP contribution in [-0.4, -0.2) is 32.8 Å². The molecular formula is C11H15N5. The van der Waals surface area contributed by atoms with Gasteiger partial charge in [-0.1, -0.05) is 0 Å². The van der Waals surface area contributed by atoms with E-state index in [1.165, 1.54) is 19.3 Å². The third kappa shape index (κ3) is 1.43. The lowest BCUT2D eigenvalue weighted by molar-refractivity contribution is 0.574. The molecule has 0 aromatic carbocycles. The van der Waals surface area contributed by atoms with Gasteiger partial charge in [0.2, 0.25) is 0 Å². The molecular weight excluding hydrogens is 202 g/mol. The van der Waals surface area contributed by atoms with E-state index < -0.39 is 0 Å². The van der Waals surface area contributed by atoms with Gasteiger partial charge in [0.1, 0.15) is 12.1 Å². The van der Waals surface area contributed by atoms with Gasteiger partial charge in [0.05, 0.1) is 11.6 Å². The number of piperidine rings is 1. The van der Waals surface area contributed by atoms with E-state index in [2.05, 4.69) is 20.0 Å². The molecule has 5 heteroatoms. The van der Waals surface area contributed by atoms with Gasteiger partial charge in [0.25, 0.3) is 0 Å². The number of fused-ring (bicyclic) bond motifs is 1. The number of rotatable bonds is 1. The van der Waals surface area contributed by atoms with Gasteiger partial charge in [-0.3, -0.25) is 4.68 Å². The Balaban J connectivity index is 2.08. The van der Waals surface area contributed by atoms with Crippen molar-refractivity contribution in [1.82, 2.24) is 19.7 Å². The normalized spacial score (nSPS) is 16.9. The largest absolute Gasteiger partial charge is 0.356 e. The lowest BCUT2D eigenvalue weighted by Gasteiger charge is -2.27. The van der Waals surface area contributed by atoms with Gasteiger partial charge in [-0.25, -0.2) is 9.97 Å². The van der Waals surface area contributed by atoms with Crippen LogP contribution in [0.4, 0.5) is 5.82 Å². The van der Waals surface area contributed by atoms with E-state index in [0.717, 1.165) is 29.9 Å². The summed E-state index contributed by atoms with van der Waals surface area (Å²) in [4.78, 5) is 11.0. The van der Waals surface area contributed by atoms with Crippen molar-refractivity contribution in [1.29, 1.82) is 0 Å². The Bertz CT molecular complexity index is 498. The van der Waals surface area contributed by atoms with Crippen molar-refractivity contribution in [3.8, 4) is 0 Å². The number of anilines is 1. The zero-order valence-electron chi connectivity index (χ0n) is 9.43. The summed E-state index contributed by atoms with van der Waals surface area (Å²) in [5.41, 5.74) is 0.913. The summed E-state index contributed by atoms with van der Waals surface area (Å²) < 4.78 is 1.80. The molecule has 1 aliphatic heterocycles. The van der Waals surface area contributed by atoms with Crippen molar-refractivity contribution in [2.24, 2.45) is 7.05 Å². The lowest BCUT2D eigenvalue weighted by Crippen LogP contribution is -2.30. The minimum absolute atomic E-state index is 0.913. The molecule has 0 bridgehead atoms. The third-order valence-corrected chi connectivity index (χ3v) is 3.16. The zero-order valence-corrected chi connectivity index (χ0v) is 9.43. The molecule has 3 rings (SSSR count). The Labute approximate surface area is 94.1 Å². The number of hydrogen-bond acceptors (Lipinski definition) is 4. The minimum Gasteiger partial charge on any atom is -0.356 e. The van der Waals surface area contributed by atoms with Crippen LogP contribution >= 0.6 is 0 Å². The smallest absolute Gasteiger partial charge is 0.163 e. The number of hydrogen-bond donors (Lipinski definition) is 0. The first-order chi connectivity index (χ1) is 7.86. The molecule has 0 N–H and O–H groups in total. The van der Waals surface area contributed by atoms with Crippen molar-refractivity contribution in [2.75, 3.05) is 18.0 Å². The van der Waals surface area contributed by atoms with E-state index in [1.54, 1.807) is 11.0 Å². The van der Waals surface area contributed by atoms with Crippen molar-refractivity contribution < 1.29 is 0 Å². The first kappa shape index (κ1) is 9.57. The predicted octanol–water partition coefficient (Wildman–Crippen LogP) is 1.35. The maximum Gasteiger partial charge on any atom is 0.163 e. The van der Waals surface area contributed by atoms with Crippen LogP contribution in [0.25, 0.3) is 11.0 Å². The maximum atomic E-state index is 4.41. The monoisotopic (exact) mass is 217 g/mol. The quantitative estimate of drug-likeness (QED) is 0.723. The van der Waals surface area contributed by atoms with Crippen LogP contribution in [0.2, 0.25) is 0 Å². The van der Waals surface area contributed by atoms with Crippen molar-refractivity contribution >= 4 is 16.9 Å². The SMILES string of the molecule is Cn1ncc2c(N3CCCCC3)ncnc21. The summed E-state index contributed by atoms with van der Waals surface area (Å²) in [5.74, 6) is 1.04. The summed E-state index contributed by atoms with van der Waals surface area (Å²) in [6.07, 6.45) is 7.34. The van der Waals surface area contributed by atoms with Crippen molar-refractivity contribution in [3.63, 3.8) is 0 Å². The predicted molar refractivity (Wildman–Crippen MR) is 62.4 cm³/mol. The molecule has 0 aliphatic carbocycles. The second-order valence-corrected chi connectivity index (χ2v) is 4.25. The summed E-state index contributed by atoms with van der Waals surface area (Å²) in [7, 11) is 1.91.